The molecule has 0 aliphatic carbocycles. The molecule has 2 heterocycles. The van der Waals surface area contributed by atoms with E-state index >= 15 is 0 Å². The maximum atomic E-state index is 10.9. The summed E-state index contributed by atoms with van der Waals surface area (Å²) in [6.45, 7) is 0. The molecule has 0 spiro atoms. The number of rotatable bonds is 2. The van der Waals surface area contributed by atoms with Gasteiger partial charge in [0.1, 0.15) is 5.69 Å². The van der Waals surface area contributed by atoms with E-state index in [-0.39, 0.29) is 11.2 Å². The van der Waals surface area contributed by atoms with E-state index in [1.165, 1.54) is 0 Å². The summed E-state index contributed by atoms with van der Waals surface area (Å²) < 4.78 is 4.91. The number of H-pyrrole nitrogens is 1. The van der Waals surface area contributed by atoms with Gasteiger partial charge in [-0.2, -0.15) is 5.16 Å². The first-order valence-electron chi connectivity index (χ1n) is 4.12. The zero-order valence-corrected chi connectivity index (χ0v) is 7.36. The molecule has 3 N–H and O–H groups in total. The van der Waals surface area contributed by atoms with Gasteiger partial charge in [-0.3, -0.25) is 9.78 Å². The van der Waals surface area contributed by atoms with Crippen molar-refractivity contribution in [2.24, 2.45) is 0 Å². The van der Waals surface area contributed by atoms with Crippen LogP contribution in [0, 0.1) is 0 Å². The number of aromatic nitrogens is 2. The molecule has 5 nitrogen and oxygen atoms in total. The van der Waals surface area contributed by atoms with Gasteiger partial charge >= 0.3 is 5.56 Å². The molecule has 0 saturated heterocycles. The van der Waals surface area contributed by atoms with Crippen LogP contribution in [0.2, 0.25) is 0 Å². The van der Waals surface area contributed by atoms with Crippen molar-refractivity contribution in [3.8, 4) is 0 Å². The molecule has 0 saturated carbocycles. The van der Waals surface area contributed by atoms with Crippen LogP contribution in [-0.4, -0.2) is 10.1 Å². The van der Waals surface area contributed by atoms with Crippen LogP contribution >= 0.6 is 0 Å². The van der Waals surface area contributed by atoms with Gasteiger partial charge in [0, 0.05) is 18.8 Å². The second-order valence-electron chi connectivity index (χ2n) is 2.91. The van der Waals surface area contributed by atoms with Crippen molar-refractivity contribution in [2.75, 3.05) is 5.73 Å². The zero-order valence-electron chi connectivity index (χ0n) is 7.36. The minimum absolute atomic E-state index is 0.133. The summed E-state index contributed by atoms with van der Waals surface area (Å²) in [4.78, 5) is 14.9. The van der Waals surface area contributed by atoms with E-state index in [2.05, 4.69) is 10.1 Å². The Balaban J connectivity index is 2.28. The maximum absolute atomic E-state index is 10.9. The monoisotopic (exact) mass is 191 g/mol. The summed E-state index contributed by atoms with van der Waals surface area (Å²) in [5.41, 5.74) is 6.19. The summed E-state index contributed by atoms with van der Waals surface area (Å²) in [5.74, 6) is 0.447. The van der Waals surface area contributed by atoms with Gasteiger partial charge in [0.15, 0.2) is 5.76 Å². The predicted octanol–water partition coefficient (Wildman–Crippen LogP) is 0.536. The number of pyridine rings is 1. The van der Waals surface area contributed by atoms with Gasteiger partial charge in [-0.05, 0) is 11.6 Å². The molecule has 0 aliphatic heterocycles. The van der Waals surface area contributed by atoms with Crippen LogP contribution in [0.25, 0.3) is 0 Å². The van der Waals surface area contributed by atoms with Crippen molar-refractivity contribution >= 4 is 5.69 Å². The van der Waals surface area contributed by atoms with Crippen molar-refractivity contribution in [1.29, 1.82) is 0 Å². The molecule has 14 heavy (non-hydrogen) atoms. The molecular weight excluding hydrogens is 182 g/mol. The second-order valence-corrected chi connectivity index (χ2v) is 2.91. The number of nitrogens with one attached hydrogen (secondary N) is 1. The van der Waals surface area contributed by atoms with Gasteiger partial charge in [-0.15, -0.1) is 0 Å². The minimum Gasteiger partial charge on any atom is -0.391 e. The molecule has 0 radical (unpaired) electrons. The first kappa shape index (κ1) is 8.55. The summed E-state index contributed by atoms with van der Waals surface area (Å²) in [6.07, 6.45) is 3.85. The minimum atomic E-state index is -0.385. The Kier molecular flexibility index (Phi) is 2.06. The molecule has 0 unspecified atom stereocenters. The number of hydrogen-bond acceptors (Lipinski definition) is 4. The molecule has 0 bridgehead atoms. The molecule has 5 heteroatoms. The highest BCUT2D eigenvalue weighted by molar-refractivity contribution is 5.40. The Morgan fingerprint density at radius 2 is 2.43 bits per heavy atom. The third kappa shape index (κ3) is 1.52. The number of hydrogen-bond donors (Lipinski definition) is 2. The Morgan fingerprint density at radius 1 is 1.57 bits per heavy atom. The Labute approximate surface area is 79.5 Å². The van der Waals surface area contributed by atoms with Gasteiger partial charge in [0.25, 0.3) is 0 Å². The highest BCUT2D eigenvalue weighted by Crippen LogP contribution is 2.10. The SMILES string of the molecule is Nc1c(Cc2cccnc2)o[nH]c1=O. The van der Waals surface area contributed by atoms with E-state index < -0.39 is 0 Å². The van der Waals surface area contributed by atoms with Crippen molar-refractivity contribution in [1.82, 2.24) is 10.1 Å². The molecule has 2 aromatic rings. The standard InChI is InChI=1S/C9H9N3O2/c10-8-7(14-12-9(8)13)4-6-2-1-3-11-5-6/h1-3,5H,4,10H2,(H,12,13). The first-order valence-corrected chi connectivity index (χ1v) is 4.12. The van der Waals surface area contributed by atoms with Gasteiger partial charge < -0.3 is 10.3 Å². The number of anilines is 1. The van der Waals surface area contributed by atoms with Crippen molar-refractivity contribution < 1.29 is 4.52 Å². The fraction of sp³-hybridized carbons (Fsp3) is 0.111. The lowest BCUT2D eigenvalue weighted by atomic mass is 10.1. The second kappa shape index (κ2) is 3.37. The smallest absolute Gasteiger partial charge is 0.303 e. The Morgan fingerprint density at radius 3 is 3.00 bits per heavy atom. The third-order valence-electron chi connectivity index (χ3n) is 1.90. The molecule has 72 valence electrons. The van der Waals surface area contributed by atoms with Crippen LogP contribution in [0.15, 0.2) is 33.8 Å². The van der Waals surface area contributed by atoms with Crippen LogP contribution < -0.4 is 11.3 Å². The lowest BCUT2D eigenvalue weighted by molar-refractivity contribution is 0.385. The van der Waals surface area contributed by atoms with Crippen molar-refractivity contribution in [3.05, 3.63) is 46.2 Å². The van der Waals surface area contributed by atoms with Gasteiger partial charge in [0.05, 0.1) is 0 Å². The molecule has 0 aromatic carbocycles. The third-order valence-corrected chi connectivity index (χ3v) is 1.90. The highest BCUT2D eigenvalue weighted by Gasteiger charge is 2.08. The first-order chi connectivity index (χ1) is 6.77. The van der Waals surface area contributed by atoms with Crippen LogP contribution in [0.1, 0.15) is 11.3 Å². The van der Waals surface area contributed by atoms with E-state index in [4.69, 9.17) is 10.3 Å². The van der Waals surface area contributed by atoms with Crippen LogP contribution in [-0.2, 0) is 6.42 Å². The zero-order chi connectivity index (χ0) is 9.97. The molecule has 0 fully saturated rings. The van der Waals surface area contributed by atoms with Gasteiger partial charge in [-0.1, -0.05) is 6.07 Å². The molecule has 2 rings (SSSR count). The lowest BCUT2D eigenvalue weighted by Crippen LogP contribution is -2.05. The average Bonchev–Trinajstić information content (AvgIpc) is 2.52. The molecule has 0 aliphatic rings. The molecular formula is C9H9N3O2. The Bertz CT molecular complexity index is 472. The van der Waals surface area contributed by atoms with E-state index in [0.29, 0.717) is 12.2 Å². The molecule has 2 aromatic heterocycles. The van der Waals surface area contributed by atoms with E-state index in [1.54, 1.807) is 12.4 Å². The summed E-state index contributed by atoms with van der Waals surface area (Å²) in [7, 11) is 0. The van der Waals surface area contributed by atoms with Crippen molar-refractivity contribution in [3.63, 3.8) is 0 Å². The number of nitrogens with two attached hydrogens (primary N) is 1. The van der Waals surface area contributed by atoms with Crippen LogP contribution in [0.5, 0.6) is 0 Å². The van der Waals surface area contributed by atoms with E-state index in [9.17, 15) is 4.79 Å². The lowest BCUT2D eigenvalue weighted by Gasteiger charge is -1.95. The highest BCUT2D eigenvalue weighted by atomic mass is 16.5. The summed E-state index contributed by atoms with van der Waals surface area (Å²) in [6, 6.07) is 3.70. The molecule has 0 amide bonds. The Hall–Kier alpha value is -2.04. The summed E-state index contributed by atoms with van der Waals surface area (Å²) in [5, 5.41) is 2.18. The predicted molar refractivity (Wildman–Crippen MR) is 50.8 cm³/mol. The number of nitrogen functional groups attached to an aromatic ring is 1. The van der Waals surface area contributed by atoms with Gasteiger partial charge in [0.2, 0.25) is 0 Å². The van der Waals surface area contributed by atoms with Gasteiger partial charge in [-0.25, -0.2) is 0 Å². The quantitative estimate of drug-likeness (QED) is 0.725. The summed E-state index contributed by atoms with van der Waals surface area (Å²) >= 11 is 0. The number of aromatic amines is 1. The average molecular weight is 191 g/mol. The largest absolute Gasteiger partial charge is 0.391 e. The normalized spacial score (nSPS) is 10.3. The molecule has 0 atom stereocenters. The fourth-order valence-corrected chi connectivity index (χ4v) is 1.16. The topological polar surface area (TPSA) is 84.9 Å². The van der Waals surface area contributed by atoms with Crippen LogP contribution in [0.4, 0.5) is 5.69 Å². The van der Waals surface area contributed by atoms with Crippen molar-refractivity contribution in [2.45, 2.75) is 6.42 Å². The van der Waals surface area contributed by atoms with E-state index in [0.717, 1.165) is 5.56 Å². The maximum Gasteiger partial charge on any atom is 0.303 e. The van der Waals surface area contributed by atoms with E-state index in [1.807, 2.05) is 12.1 Å². The fourth-order valence-electron chi connectivity index (χ4n) is 1.16. The number of nitrogens with zero attached hydrogens (tertiary/aromatic N) is 1. The van der Waals surface area contributed by atoms with Crippen LogP contribution in [0.3, 0.4) is 0 Å².